The molecule has 1 aromatic rings. The number of sulfonamides is 1. The highest BCUT2D eigenvalue weighted by Gasteiger charge is 2.33. The van der Waals surface area contributed by atoms with E-state index < -0.39 is 15.6 Å². The van der Waals surface area contributed by atoms with Crippen LogP contribution in [0.15, 0.2) is 4.90 Å². The van der Waals surface area contributed by atoms with Crippen molar-refractivity contribution in [2.45, 2.75) is 30.3 Å². The highest BCUT2D eigenvalue weighted by atomic mass is 32.2. The first kappa shape index (κ1) is 15.2. The van der Waals surface area contributed by atoms with Crippen molar-refractivity contribution in [1.82, 2.24) is 14.5 Å². The fourth-order valence-electron chi connectivity index (χ4n) is 2.18. The van der Waals surface area contributed by atoms with Gasteiger partial charge in [0.05, 0.1) is 11.3 Å². The number of ether oxygens (including phenoxy) is 1. The molecular weight excluding hydrogens is 284 g/mol. The third-order valence-corrected chi connectivity index (χ3v) is 5.15. The highest BCUT2D eigenvalue weighted by molar-refractivity contribution is 7.89. The number of nitrogen functional groups attached to an aromatic ring is 1. The largest absolute Gasteiger partial charge is 0.388 e. The molecule has 0 unspecified atom stereocenters. The molecular formula is C11H20N4O4S. The molecule has 0 saturated carbocycles. The standard InChI is InChI=1S/C11H20N4O4S/c1-8-9(10(12)14-15(8)2)20(17,18)13-7-11(16)3-5-19-6-4-11/h13,16H,3-7H2,1-2H3,(H2,12,14). The SMILES string of the molecule is Cc1c(S(=O)(=O)NCC2(O)CCOCC2)c(N)nn1C. The first-order valence-corrected chi connectivity index (χ1v) is 7.82. The molecule has 1 fully saturated rings. The zero-order valence-corrected chi connectivity index (χ0v) is 12.4. The summed E-state index contributed by atoms with van der Waals surface area (Å²) in [7, 11) is -2.18. The Morgan fingerprint density at radius 2 is 2.10 bits per heavy atom. The van der Waals surface area contributed by atoms with Gasteiger partial charge in [-0.05, 0) is 6.92 Å². The molecule has 0 bridgehead atoms. The second kappa shape index (κ2) is 5.32. The number of nitrogens with one attached hydrogen (secondary N) is 1. The third-order valence-electron chi connectivity index (χ3n) is 3.59. The zero-order valence-electron chi connectivity index (χ0n) is 11.6. The van der Waals surface area contributed by atoms with E-state index in [1.54, 1.807) is 14.0 Å². The predicted molar refractivity (Wildman–Crippen MR) is 72.5 cm³/mol. The van der Waals surface area contributed by atoms with Crippen molar-refractivity contribution in [2.75, 3.05) is 25.5 Å². The minimum Gasteiger partial charge on any atom is -0.388 e. The van der Waals surface area contributed by atoms with Gasteiger partial charge in [-0.15, -0.1) is 0 Å². The zero-order chi connectivity index (χ0) is 15.0. The molecule has 0 radical (unpaired) electrons. The van der Waals surface area contributed by atoms with Crippen LogP contribution < -0.4 is 10.5 Å². The number of nitrogens with zero attached hydrogens (tertiary/aromatic N) is 2. The van der Waals surface area contributed by atoms with Crippen LogP contribution in [-0.2, 0) is 21.8 Å². The Morgan fingerprint density at radius 3 is 2.60 bits per heavy atom. The summed E-state index contributed by atoms with van der Waals surface area (Å²) in [6, 6.07) is 0. The van der Waals surface area contributed by atoms with Gasteiger partial charge in [0.1, 0.15) is 4.90 Å². The summed E-state index contributed by atoms with van der Waals surface area (Å²) in [4.78, 5) is -0.0318. The van der Waals surface area contributed by atoms with E-state index in [2.05, 4.69) is 9.82 Å². The predicted octanol–water partition coefficient (Wildman–Crippen LogP) is -0.869. The van der Waals surface area contributed by atoms with E-state index in [4.69, 9.17) is 10.5 Å². The molecule has 0 aromatic carbocycles. The number of aromatic nitrogens is 2. The molecule has 9 heteroatoms. The van der Waals surface area contributed by atoms with E-state index in [1.807, 2.05) is 0 Å². The van der Waals surface area contributed by atoms with Crippen LogP contribution in [0.25, 0.3) is 0 Å². The summed E-state index contributed by atoms with van der Waals surface area (Å²) < 4.78 is 33.5. The second-order valence-electron chi connectivity index (χ2n) is 5.08. The molecule has 4 N–H and O–H groups in total. The molecule has 0 atom stereocenters. The number of aryl methyl sites for hydroxylation is 1. The molecule has 114 valence electrons. The molecule has 0 amide bonds. The van der Waals surface area contributed by atoms with Gasteiger partial charge >= 0.3 is 0 Å². The van der Waals surface area contributed by atoms with Crippen LogP contribution in [0.5, 0.6) is 0 Å². The topological polar surface area (TPSA) is 119 Å². The maximum absolute atomic E-state index is 12.3. The van der Waals surface area contributed by atoms with Crippen molar-refractivity contribution >= 4 is 15.8 Å². The van der Waals surface area contributed by atoms with Crippen LogP contribution in [0.3, 0.4) is 0 Å². The molecule has 1 aromatic heterocycles. The molecule has 0 spiro atoms. The second-order valence-corrected chi connectivity index (χ2v) is 6.79. The maximum atomic E-state index is 12.3. The van der Waals surface area contributed by atoms with Crippen molar-refractivity contribution in [3.8, 4) is 0 Å². The molecule has 1 saturated heterocycles. The van der Waals surface area contributed by atoms with Gasteiger partial charge in [0, 0.05) is 39.6 Å². The summed E-state index contributed by atoms with van der Waals surface area (Å²) in [6.07, 6.45) is 0.800. The van der Waals surface area contributed by atoms with E-state index >= 15 is 0 Å². The lowest BCUT2D eigenvalue weighted by Gasteiger charge is -2.31. The van der Waals surface area contributed by atoms with Gasteiger partial charge < -0.3 is 15.6 Å². The molecule has 2 rings (SSSR count). The number of aliphatic hydroxyl groups is 1. The lowest BCUT2D eigenvalue weighted by Crippen LogP contribution is -2.46. The Kier molecular flexibility index (Phi) is 4.05. The molecule has 1 aliphatic rings. The molecule has 2 heterocycles. The Hall–Kier alpha value is -1.16. The first-order valence-electron chi connectivity index (χ1n) is 6.34. The molecule has 20 heavy (non-hydrogen) atoms. The van der Waals surface area contributed by atoms with Gasteiger partial charge in [-0.1, -0.05) is 0 Å². The molecule has 8 nitrogen and oxygen atoms in total. The van der Waals surface area contributed by atoms with Crippen molar-refractivity contribution in [3.05, 3.63) is 5.69 Å². The Labute approximate surface area is 118 Å². The highest BCUT2D eigenvalue weighted by Crippen LogP contribution is 2.23. The van der Waals surface area contributed by atoms with Gasteiger partial charge in [-0.25, -0.2) is 13.1 Å². The van der Waals surface area contributed by atoms with Crippen LogP contribution in [0.1, 0.15) is 18.5 Å². The molecule has 0 aliphatic carbocycles. The van der Waals surface area contributed by atoms with Crippen molar-refractivity contribution in [3.63, 3.8) is 0 Å². The summed E-state index contributed by atoms with van der Waals surface area (Å²) in [6.45, 7) is 2.41. The normalized spacial score (nSPS) is 19.1. The number of hydrogen-bond donors (Lipinski definition) is 3. The summed E-state index contributed by atoms with van der Waals surface area (Å²) in [5.74, 6) is -0.0449. The van der Waals surface area contributed by atoms with E-state index in [0.29, 0.717) is 31.7 Å². The van der Waals surface area contributed by atoms with Crippen LogP contribution >= 0.6 is 0 Å². The van der Waals surface area contributed by atoms with Gasteiger partial charge in [0.25, 0.3) is 0 Å². The summed E-state index contributed by atoms with van der Waals surface area (Å²) in [5, 5.41) is 14.1. The third kappa shape index (κ3) is 2.95. The van der Waals surface area contributed by atoms with E-state index in [0.717, 1.165) is 0 Å². The van der Waals surface area contributed by atoms with E-state index in [1.165, 1.54) is 4.68 Å². The number of hydrogen-bond acceptors (Lipinski definition) is 6. The quantitative estimate of drug-likeness (QED) is 0.665. The van der Waals surface area contributed by atoms with Gasteiger partial charge in [0.2, 0.25) is 10.0 Å². The van der Waals surface area contributed by atoms with Gasteiger partial charge in [0.15, 0.2) is 5.82 Å². The minimum absolute atomic E-state index is 0.0318. The van der Waals surface area contributed by atoms with Crippen LogP contribution in [0.2, 0.25) is 0 Å². The lowest BCUT2D eigenvalue weighted by molar-refractivity contribution is -0.0588. The van der Waals surface area contributed by atoms with E-state index in [9.17, 15) is 13.5 Å². The van der Waals surface area contributed by atoms with Crippen molar-refractivity contribution in [2.24, 2.45) is 7.05 Å². The maximum Gasteiger partial charge on any atom is 0.246 e. The lowest BCUT2D eigenvalue weighted by atomic mass is 9.95. The number of rotatable bonds is 4. The van der Waals surface area contributed by atoms with Crippen LogP contribution in [0.4, 0.5) is 5.82 Å². The van der Waals surface area contributed by atoms with Gasteiger partial charge in [-0.2, -0.15) is 5.10 Å². The van der Waals surface area contributed by atoms with Crippen LogP contribution in [-0.4, -0.2) is 48.7 Å². The number of nitrogens with two attached hydrogens (primary N) is 1. The fourth-order valence-corrected chi connectivity index (χ4v) is 3.62. The Balaban J connectivity index is 2.15. The smallest absolute Gasteiger partial charge is 0.246 e. The fraction of sp³-hybridized carbons (Fsp3) is 0.727. The Morgan fingerprint density at radius 1 is 1.50 bits per heavy atom. The van der Waals surface area contributed by atoms with Gasteiger partial charge in [-0.3, -0.25) is 4.68 Å². The summed E-state index contributed by atoms with van der Waals surface area (Å²) in [5.41, 5.74) is 5.02. The van der Waals surface area contributed by atoms with Crippen molar-refractivity contribution in [1.29, 1.82) is 0 Å². The number of anilines is 1. The first-order chi connectivity index (χ1) is 9.25. The summed E-state index contributed by atoms with van der Waals surface area (Å²) >= 11 is 0. The Bertz CT molecular complexity index is 590. The average Bonchev–Trinajstić information content (AvgIpc) is 2.63. The van der Waals surface area contributed by atoms with Crippen LogP contribution in [0, 0.1) is 6.92 Å². The van der Waals surface area contributed by atoms with E-state index in [-0.39, 0.29) is 17.3 Å². The monoisotopic (exact) mass is 304 g/mol. The minimum atomic E-state index is -3.80. The molecule has 1 aliphatic heterocycles. The van der Waals surface area contributed by atoms with Crippen molar-refractivity contribution < 1.29 is 18.3 Å². The average molecular weight is 304 g/mol.